The van der Waals surface area contributed by atoms with Gasteiger partial charge in [0.05, 0.1) is 13.1 Å². The molecule has 1 atom stereocenters. The number of aryl methyl sites for hydroxylation is 1. The lowest BCUT2D eigenvalue weighted by atomic mass is 10.1. The van der Waals surface area contributed by atoms with Gasteiger partial charge in [-0.15, -0.1) is 0 Å². The number of hydroxylamine groups is 1. The van der Waals surface area contributed by atoms with Gasteiger partial charge in [-0.2, -0.15) is 13.5 Å². The molecule has 0 radical (unpaired) electrons. The lowest BCUT2D eigenvalue weighted by Crippen LogP contribution is -2.38. The molecule has 27 heavy (non-hydrogen) atoms. The van der Waals surface area contributed by atoms with Crippen molar-refractivity contribution < 1.29 is 19.5 Å². The predicted octanol–water partition coefficient (Wildman–Crippen LogP) is 3.04. The Hall–Kier alpha value is -2.71. The number of rotatable bonds is 2. The second-order valence-corrected chi connectivity index (χ2v) is 6.37. The molecule has 0 bridgehead atoms. The number of urea groups is 1. The summed E-state index contributed by atoms with van der Waals surface area (Å²) in [5.74, 6) is -0.0773. The van der Waals surface area contributed by atoms with E-state index in [0.717, 1.165) is 16.8 Å². The molecule has 0 aromatic heterocycles. The normalized spacial score (nSPS) is 15.5. The van der Waals surface area contributed by atoms with E-state index in [-0.39, 0.29) is 31.2 Å². The van der Waals surface area contributed by atoms with E-state index in [4.69, 9.17) is 9.94 Å². The number of fused-ring (bicyclic) bond motifs is 1. The van der Waals surface area contributed by atoms with Gasteiger partial charge in [-0.1, -0.05) is 23.8 Å². The van der Waals surface area contributed by atoms with E-state index in [1.54, 1.807) is 28.6 Å². The number of carbonyl (C=O) groups is 2. The molecule has 0 saturated heterocycles. The molecule has 3 amide bonds. The highest BCUT2D eigenvalue weighted by molar-refractivity contribution is 7.59. The van der Waals surface area contributed by atoms with Crippen molar-refractivity contribution >= 4 is 31.1 Å². The molecule has 3 rings (SSSR count). The van der Waals surface area contributed by atoms with Gasteiger partial charge in [0.15, 0.2) is 0 Å². The van der Waals surface area contributed by atoms with E-state index in [1.807, 2.05) is 38.1 Å². The van der Waals surface area contributed by atoms with Gasteiger partial charge in [-0.3, -0.25) is 10.0 Å². The average Bonchev–Trinajstić information content (AvgIpc) is 2.80. The fourth-order valence-corrected chi connectivity index (χ4v) is 2.83. The average molecular weight is 389 g/mol. The summed E-state index contributed by atoms with van der Waals surface area (Å²) in [6.07, 6.45) is -0.243. The maximum absolute atomic E-state index is 12.6. The second-order valence-electron chi connectivity index (χ2n) is 6.37. The molecule has 1 heterocycles. The summed E-state index contributed by atoms with van der Waals surface area (Å²) in [4.78, 5) is 25.9. The molecule has 1 aliphatic heterocycles. The first-order valence-corrected chi connectivity index (χ1v) is 8.33. The van der Waals surface area contributed by atoms with Crippen molar-refractivity contribution in [2.24, 2.45) is 0 Å². The molecule has 7 nitrogen and oxygen atoms in total. The van der Waals surface area contributed by atoms with Crippen LogP contribution >= 0.6 is 13.5 Å². The molecule has 0 unspecified atom stereocenters. The summed E-state index contributed by atoms with van der Waals surface area (Å²) >= 11 is 0. The lowest BCUT2D eigenvalue weighted by Gasteiger charge is -2.22. The van der Waals surface area contributed by atoms with Gasteiger partial charge in [-0.05, 0) is 38.1 Å². The molecule has 2 aromatic carbocycles. The number of ether oxygens (including phenoxy) is 1. The van der Waals surface area contributed by atoms with Gasteiger partial charge in [0.1, 0.15) is 11.9 Å². The van der Waals surface area contributed by atoms with Gasteiger partial charge in [0.2, 0.25) is 0 Å². The summed E-state index contributed by atoms with van der Waals surface area (Å²) < 4.78 is 5.86. The van der Waals surface area contributed by atoms with E-state index in [0.29, 0.717) is 18.8 Å². The van der Waals surface area contributed by atoms with Gasteiger partial charge in [0, 0.05) is 16.8 Å². The molecular formula is C19H23N3O4S. The van der Waals surface area contributed by atoms with Crippen LogP contribution in [0.1, 0.15) is 28.4 Å². The summed E-state index contributed by atoms with van der Waals surface area (Å²) in [7, 11) is 0. The van der Waals surface area contributed by atoms with Crippen molar-refractivity contribution in [1.29, 1.82) is 0 Å². The monoisotopic (exact) mass is 389 g/mol. The summed E-state index contributed by atoms with van der Waals surface area (Å²) in [5, 5.41) is 11.7. The molecule has 8 heteroatoms. The van der Waals surface area contributed by atoms with Crippen LogP contribution in [-0.4, -0.2) is 34.7 Å². The van der Waals surface area contributed by atoms with Crippen LogP contribution in [0.4, 0.5) is 10.5 Å². The molecule has 0 spiro atoms. The van der Waals surface area contributed by atoms with Crippen molar-refractivity contribution in [3.63, 3.8) is 0 Å². The van der Waals surface area contributed by atoms with Crippen LogP contribution in [0.15, 0.2) is 42.5 Å². The highest BCUT2D eigenvalue weighted by Crippen LogP contribution is 2.27. The van der Waals surface area contributed by atoms with Crippen molar-refractivity contribution in [1.82, 2.24) is 10.4 Å². The van der Waals surface area contributed by atoms with Gasteiger partial charge in [0.25, 0.3) is 5.91 Å². The SMILES string of the molecule is Cc1ccc(NC(=O)N2Cc3ccc(C(=O)NO)cc3O[C@@H](C)C2)cc1.S. The summed E-state index contributed by atoms with van der Waals surface area (Å²) in [5.41, 5.74) is 4.54. The zero-order chi connectivity index (χ0) is 18.7. The Morgan fingerprint density at radius 2 is 1.89 bits per heavy atom. The summed E-state index contributed by atoms with van der Waals surface area (Å²) in [6, 6.07) is 12.3. The predicted molar refractivity (Wildman–Crippen MR) is 107 cm³/mol. The van der Waals surface area contributed by atoms with Gasteiger partial charge in [-0.25, -0.2) is 10.3 Å². The topological polar surface area (TPSA) is 90.9 Å². The third-order valence-electron chi connectivity index (χ3n) is 4.19. The van der Waals surface area contributed by atoms with E-state index in [9.17, 15) is 9.59 Å². The highest BCUT2D eigenvalue weighted by atomic mass is 32.1. The van der Waals surface area contributed by atoms with Gasteiger partial charge >= 0.3 is 6.03 Å². The van der Waals surface area contributed by atoms with Crippen molar-refractivity contribution in [2.75, 3.05) is 11.9 Å². The highest BCUT2D eigenvalue weighted by Gasteiger charge is 2.24. The minimum absolute atomic E-state index is 0. The number of anilines is 1. The smallest absolute Gasteiger partial charge is 0.322 e. The molecule has 0 saturated carbocycles. The first-order valence-electron chi connectivity index (χ1n) is 8.33. The van der Waals surface area contributed by atoms with Crippen LogP contribution in [-0.2, 0) is 6.54 Å². The standard InChI is InChI=1S/C19H21N3O4.H2S/c1-12-3-7-16(8-4-12)20-19(24)22-10-13(2)26-17-9-14(18(23)21-25)5-6-15(17)11-22;/h3-9,13,25H,10-11H2,1-2H3,(H,20,24)(H,21,23);1H2/t13-;/m0./s1. The van der Waals surface area contributed by atoms with Crippen molar-refractivity contribution in [3.05, 3.63) is 59.2 Å². The number of nitrogens with one attached hydrogen (secondary N) is 2. The van der Waals surface area contributed by atoms with E-state index < -0.39 is 5.91 Å². The molecular weight excluding hydrogens is 366 g/mol. The largest absolute Gasteiger partial charge is 0.488 e. The molecule has 1 aliphatic rings. The maximum atomic E-state index is 12.6. The fourth-order valence-electron chi connectivity index (χ4n) is 2.83. The Balaban J connectivity index is 0.00000261. The Kier molecular flexibility index (Phi) is 6.70. The Labute approximate surface area is 164 Å². The first kappa shape index (κ1) is 20.6. The molecule has 3 N–H and O–H groups in total. The fraction of sp³-hybridized carbons (Fsp3) is 0.263. The summed E-state index contributed by atoms with van der Waals surface area (Å²) in [6.45, 7) is 4.62. The number of hydrogen-bond acceptors (Lipinski definition) is 4. The molecule has 0 aliphatic carbocycles. The minimum atomic E-state index is -0.609. The Morgan fingerprint density at radius 3 is 2.56 bits per heavy atom. The second kappa shape index (κ2) is 8.79. The lowest BCUT2D eigenvalue weighted by molar-refractivity contribution is 0.0705. The minimum Gasteiger partial charge on any atom is -0.488 e. The van der Waals surface area contributed by atoms with Gasteiger partial charge < -0.3 is 15.0 Å². The van der Waals surface area contributed by atoms with Crippen LogP contribution in [0.5, 0.6) is 5.75 Å². The van der Waals surface area contributed by atoms with Crippen LogP contribution in [0, 0.1) is 6.92 Å². The Bertz CT molecular complexity index is 826. The van der Waals surface area contributed by atoms with Crippen LogP contribution in [0.2, 0.25) is 0 Å². The van der Waals surface area contributed by atoms with E-state index in [2.05, 4.69) is 5.32 Å². The third-order valence-corrected chi connectivity index (χ3v) is 4.19. The zero-order valence-corrected chi connectivity index (χ0v) is 16.2. The van der Waals surface area contributed by atoms with Crippen LogP contribution in [0.3, 0.4) is 0 Å². The molecule has 2 aromatic rings. The number of carbonyl (C=O) groups excluding carboxylic acids is 2. The number of nitrogens with zero attached hydrogens (tertiary/aromatic N) is 1. The molecule has 144 valence electrons. The number of amides is 3. The Morgan fingerprint density at radius 1 is 1.19 bits per heavy atom. The zero-order valence-electron chi connectivity index (χ0n) is 15.2. The van der Waals surface area contributed by atoms with Crippen LogP contribution < -0.4 is 15.5 Å². The van der Waals surface area contributed by atoms with Crippen molar-refractivity contribution in [2.45, 2.75) is 26.5 Å². The maximum Gasteiger partial charge on any atom is 0.322 e. The third kappa shape index (κ3) is 4.93. The first-order chi connectivity index (χ1) is 12.5. The number of hydrogen-bond donors (Lipinski definition) is 3. The van der Waals surface area contributed by atoms with E-state index >= 15 is 0 Å². The number of benzene rings is 2. The van der Waals surface area contributed by atoms with Crippen molar-refractivity contribution in [3.8, 4) is 5.75 Å². The van der Waals surface area contributed by atoms with Crippen LogP contribution in [0.25, 0.3) is 0 Å². The van der Waals surface area contributed by atoms with E-state index in [1.165, 1.54) is 0 Å². The quantitative estimate of drug-likeness (QED) is 0.544. The molecule has 0 fully saturated rings.